The number of hydrogen-bond donors (Lipinski definition) is 1. The molecule has 0 bridgehead atoms. The molecule has 1 N–H and O–H groups in total. The van der Waals surface area contributed by atoms with Crippen LogP contribution in [0, 0.1) is 11.6 Å². The van der Waals surface area contributed by atoms with Crippen LogP contribution in [0.3, 0.4) is 0 Å². The lowest BCUT2D eigenvalue weighted by Gasteiger charge is -2.13. The Kier molecular flexibility index (Phi) is 3.34. The predicted octanol–water partition coefficient (Wildman–Crippen LogP) is 2.63. The van der Waals surface area contributed by atoms with E-state index in [9.17, 15) is 13.6 Å². The van der Waals surface area contributed by atoms with Crippen molar-refractivity contribution in [2.24, 2.45) is 0 Å². The summed E-state index contributed by atoms with van der Waals surface area (Å²) in [4.78, 5) is 16.0. The van der Waals surface area contributed by atoms with E-state index >= 15 is 0 Å². The third-order valence-electron chi connectivity index (χ3n) is 3.88. The van der Waals surface area contributed by atoms with Gasteiger partial charge in [-0.1, -0.05) is 0 Å². The molecule has 0 spiro atoms. The van der Waals surface area contributed by atoms with Crippen molar-refractivity contribution in [1.29, 1.82) is 0 Å². The number of nitrogens with one attached hydrogen (secondary N) is 1. The van der Waals surface area contributed by atoms with Crippen LogP contribution in [-0.4, -0.2) is 27.2 Å². The summed E-state index contributed by atoms with van der Waals surface area (Å²) < 4.78 is 28.7. The predicted molar refractivity (Wildman–Crippen MR) is 83.1 cm³/mol. The van der Waals surface area contributed by atoms with E-state index in [1.165, 1.54) is 18.3 Å². The van der Waals surface area contributed by atoms with Crippen LogP contribution in [0.5, 0.6) is 0 Å². The van der Waals surface area contributed by atoms with Crippen LogP contribution >= 0.6 is 0 Å². The summed E-state index contributed by atoms with van der Waals surface area (Å²) in [6, 6.07) is 8.45. The molecule has 0 radical (unpaired) electrons. The first-order chi connectivity index (χ1) is 11.6. The summed E-state index contributed by atoms with van der Waals surface area (Å²) in [5.74, 6) is -1.48. The van der Waals surface area contributed by atoms with Crippen molar-refractivity contribution in [1.82, 2.24) is 20.1 Å². The van der Waals surface area contributed by atoms with Crippen LogP contribution in [0.2, 0.25) is 0 Å². The molecule has 3 heterocycles. The van der Waals surface area contributed by atoms with Crippen molar-refractivity contribution in [3.05, 3.63) is 59.9 Å². The van der Waals surface area contributed by atoms with Crippen molar-refractivity contribution >= 4 is 5.91 Å². The number of carbonyl (C=O) groups is 1. The molecule has 120 valence electrons. The molecule has 0 atom stereocenters. The second kappa shape index (κ2) is 5.52. The summed E-state index contributed by atoms with van der Waals surface area (Å²) in [5, 5.41) is 7.17. The van der Waals surface area contributed by atoms with Crippen molar-refractivity contribution in [3.63, 3.8) is 0 Å². The van der Waals surface area contributed by atoms with Crippen LogP contribution in [0.25, 0.3) is 22.5 Å². The van der Waals surface area contributed by atoms with Gasteiger partial charge in [0.15, 0.2) is 0 Å². The maximum absolute atomic E-state index is 14.0. The van der Waals surface area contributed by atoms with Gasteiger partial charge in [0.05, 0.1) is 17.9 Å². The fourth-order valence-electron chi connectivity index (χ4n) is 2.71. The van der Waals surface area contributed by atoms with Gasteiger partial charge in [0, 0.05) is 29.9 Å². The lowest BCUT2D eigenvalue weighted by atomic mass is 10.1. The van der Waals surface area contributed by atoms with Gasteiger partial charge in [-0.3, -0.25) is 14.5 Å². The maximum Gasteiger partial charge on any atom is 0.269 e. The second-order valence-corrected chi connectivity index (χ2v) is 5.45. The number of nitrogens with zero attached hydrogens (tertiary/aromatic N) is 3. The van der Waals surface area contributed by atoms with Crippen molar-refractivity contribution in [2.75, 3.05) is 6.54 Å². The fraction of sp³-hybridized carbons (Fsp3) is 0.118. The normalized spacial score (nSPS) is 13.5. The summed E-state index contributed by atoms with van der Waals surface area (Å²) in [5.41, 5.74) is 2.38. The van der Waals surface area contributed by atoms with Gasteiger partial charge >= 0.3 is 0 Å². The number of fused-ring (bicyclic) bond motifs is 1. The first-order valence-corrected chi connectivity index (χ1v) is 7.40. The zero-order valence-corrected chi connectivity index (χ0v) is 12.5. The van der Waals surface area contributed by atoms with Crippen molar-refractivity contribution < 1.29 is 13.6 Å². The highest BCUT2D eigenvalue weighted by Gasteiger charge is 2.20. The number of benzene rings is 1. The molecule has 5 nitrogen and oxygen atoms in total. The number of rotatable bonds is 2. The molecule has 0 saturated heterocycles. The molecule has 1 aliphatic rings. The number of amides is 1. The van der Waals surface area contributed by atoms with Gasteiger partial charge in [0.2, 0.25) is 0 Å². The van der Waals surface area contributed by atoms with Gasteiger partial charge in [-0.05, 0) is 30.3 Å². The molecular weight excluding hydrogens is 314 g/mol. The van der Waals surface area contributed by atoms with Crippen LogP contribution in [-0.2, 0) is 6.54 Å². The first kappa shape index (κ1) is 14.5. The Hall–Kier alpha value is -3.09. The van der Waals surface area contributed by atoms with Crippen LogP contribution in [0.4, 0.5) is 8.78 Å². The van der Waals surface area contributed by atoms with Gasteiger partial charge in [-0.2, -0.15) is 5.10 Å². The Labute approximate surface area is 136 Å². The third kappa shape index (κ3) is 2.44. The molecule has 24 heavy (non-hydrogen) atoms. The highest BCUT2D eigenvalue weighted by molar-refractivity contribution is 5.94. The Morgan fingerprint density at radius 2 is 1.96 bits per heavy atom. The summed E-state index contributed by atoms with van der Waals surface area (Å²) in [7, 11) is 0. The van der Waals surface area contributed by atoms with E-state index in [1.54, 1.807) is 22.9 Å². The van der Waals surface area contributed by atoms with Gasteiger partial charge < -0.3 is 5.32 Å². The van der Waals surface area contributed by atoms with Gasteiger partial charge in [0.25, 0.3) is 5.91 Å². The first-order valence-electron chi connectivity index (χ1n) is 7.40. The molecule has 4 rings (SSSR count). The Morgan fingerprint density at radius 3 is 2.75 bits per heavy atom. The largest absolute Gasteiger partial charge is 0.349 e. The molecule has 1 amide bonds. The SMILES string of the molecule is O=C1NCCn2nc(-c3ccnc(-c4ccc(F)cc4F)c3)cc21. The minimum absolute atomic E-state index is 0.168. The molecule has 1 aromatic carbocycles. The van der Waals surface area contributed by atoms with Crippen molar-refractivity contribution in [3.8, 4) is 22.5 Å². The van der Waals surface area contributed by atoms with Crippen LogP contribution < -0.4 is 5.32 Å². The van der Waals surface area contributed by atoms with E-state index in [4.69, 9.17) is 0 Å². The van der Waals surface area contributed by atoms with E-state index in [1.807, 2.05) is 0 Å². The summed E-state index contributed by atoms with van der Waals surface area (Å²) >= 11 is 0. The average Bonchev–Trinajstić information content (AvgIpc) is 3.01. The highest BCUT2D eigenvalue weighted by atomic mass is 19.1. The van der Waals surface area contributed by atoms with E-state index in [0.29, 0.717) is 35.7 Å². The third-order valence-corrected chi connectivity index (χ3v) is 3.88. The van der Waals surface area contributed by atoms with E-state index < -0.39 is 11.6 Å². The van der Waals surface area contributed by atoms with Gasteiger partial charge in [0.1, 0.15) is 17.3 Å². The zero-order chi connectivity index (χ0) is 16.7. The zero-order valence-electron chi connectivity index (χ0n) is 12.5. The summed E-state index contributed by atoms with van der Waals surface area (Å²) in [6.07, 6.45) is 1.53. The quantitative estimate of drug-likeness (QED) is 0.787. The van der Waals surface area contributed by atoms with Crippen molar-refractivity contribution in [2.45, 2.75) is 6.54 Å². The number of hydrogen-bond acceptors (Lipinski definition) is 3. The highest BCUT2D eigenvalue weighted by Crippen LogP contribution is 2.27. The second-order valence-electron chi connectivity index (χ2n) is 5.45. The molecule has 0 unspecified atom stereocenters. The topological polar surface area (TPSA) is 59.8 Å². The fourth-order valence-corrected chi connectivity index (χ4v) is 2.71. The molecule has 0 saturated carbocycles. The Bertz CT molecular complexity index is 952. The van der Waals surface area contributed by atoms with Crippen LogP contribution in [0.1, 0.15) is 10.5 Å². The molecule has 7 heteroatoms. The number of pyridine rings is 1. The van der Waals surface area contributed by atoms with Crippen LogP contribution in [0.15, 0.2) is 42.6 Å². The lowest BCUT2D eigenvalue weighted by Crippen LogP contribution is -2.35. The summed E-state index contributed by atoms with van der Waals surface area (Å²) in [6.45, 7) is 1.14. The smallest absolute Gasteiger partial charge is 0.269 e. The van der Waals surface area contributed by atoms with E-state index in [-0.39, 0.29) is 11.5 Å². The van der Waals surface area contributed by atoms with E-state index in [2.05, 4.69) is 15.4 Å². The monoisotopic (exact) mass is 326 g/mol. The number of carbonyl (C=O) groups excluding carboxylic acids is 1. The molecule has 3 aromatic rings. The molecule has 1 aliphatic heterocycles. The lowest BCUT2D eigenvalue weighted by molar-refractivity contribution is 0.0924. The number of halogens is 2. The maximum atomic E-state index is 14.0. The Balaban J connectivity index is 1.77. The average molecular weight is 326 g/mol. The molecule has 2 aromatic heterocycles. The van der Waals surface area contributed by atoms with Gasteiger partial charge in [-0.15, -0.1) is 0 Å². The molecule has 0 fully saturated rings. The van der Waals surface area contributed by atoms with E-state index in [0.717, 1.165) is 6.07 Å². The Morgan fingerprint density at radius 1 is 1.08 bits per heavy atom. The standard InChI is InChI=1S/C17H12F2N4O/c18-11-1-2-12(13(19)8-11)15-7-10(3-4-20-15)14-9-16-17(24)21-5-6-23(16)22-14/h1-4,7-9H,5-6H2,(H,21,24). The minimum Gasteiger partial charge on any atom is -0.349 e. The minimum atomic E-state index is -0.678. The molecular formula is C17H12F2N4O. The molecule has 0 aliphatic carbocycles. The number of aromatic nitrogens is 3. The van der Waals surface area contributed by atoms with Gasteiger partial charge in [-0.25, -0.2) is 8.78 Å².